The third kappa shape index (κ3) is 1.39. The summed E-state index contributed by atoms with van der Waals surface area (Å²) < 4.78 is 21.1. The maximum Gasteiger partial charge on any atom is 0.223 e. The smallest absolute Gasteiger partial charge is 0.223 e. The summed E-state index contributed by atoms with van der Waals surface area (Å²) >= 11 is 0.854. The van der Waals surface area contributed by atoms with Crippen LogP contribution in [0.2, 0.25) is 0 Å². The van der Waals surface area contributed by atoms with E-state index in [1.54, 1.807) is 0 Å². The lowest BCUT2D eigenvalue weighted by atomic mass is 10.5. The molecule has 4 nitrogen and oxygen atoms in total. The molecule has 0 saturated heterocycles. The number of rotatable bonds is 1. The second kappa shape index (κ2) is 2.37. The fraction of sp³-hybridized carbons (Fsp3) is 0.250. The van der Waals surface area contributed by atoms with Gasteiger partial charge in [-0.05, 0) is 5.41 Å². The molecule has 0 bridgehead atoms. The number of nitrogens with two attached hydrogens (primary N) is 1. The summed E-state index contributed by atoms with van der Waals surface area (Å²) in [7, 11) is -3.71. The van der Waals surface area contributed by atoms with E-state index in [-0.39, 0.29) is 0 Å². The Kier molecular flexibility index (Phi) is 1.84. The fourth-order valence-corrected chi connectivity index (χ4v) is 2.38. The van der Waals surface area contributed by atoms with Gasteiger partial charge in [-0.2, -0.15) is 0 Å². The Bertz CT molecular complexity index is 279. The first-order valence-electron chi connectivity index (χ1n) is 2.40. The van der Waals surface area contributed by atoms with Crippen molar-refractivity contribution in [3.63, 3.8) is 0 Å². The Morgan fingerprint density at radius 3 is 2.40 bits per heavy atom. The normalized spacial score (nSPS) is 25.7. The molecule has 1 atom stereocenters. The third-order valence-electron chi connectivity index (χ3n) is 1.02. The quantitative estimate of drug-likeness (QED) is 0.584. The number of carbonyl (C=O) groups is 1. The molecule has 0 aromatic heterocycles. The van der Waals surface area contributed by atoms with E-state index in [9.17, 15) is 13.2 Å². The molecular formula is C4H5NO3S2. The van der Waals surface area contributed by atoms with Crippen LogP contribution in [-0.2, 0) is 14.8 Å². The number of primary sulfonamides is 1. The van der Waals surface area contributed by atoms with E-state index in [0.29, 0.717) is 0 Å². The molecule has 0 amide bonds. The molecule has 0 aromatic carbocycles. The van der Waals surface area contributed by atoms with Crippen molar-refractivity contribution < 1.29 is 13.2 Å². The zero-order valence-electron chi connectivity index (χ0n) is 4.85. The molecule has 1 heterocycles. The van der Waals surface area contributed by atoms with Crippen LogP contribution in [0.1, 0.15) is 0 Å². The molecule has 0 saturated carbocycles. The highest BCUT2D eigenvalue weighted by atomic mass is 32.2. The average Bonchev–Trinajstić information content (AvgIpc) is 2.11. The van der Waals surface area contributed by atoms with Crippen molar-refractivity contribution >= 4 is 26.9 Å². The monoisotopic (exact) mass is 179 g/mol. The van der Waals surface area contributed by atoms with E-state index in [4.69, 9.17) is 5.14 Å². The largest absolute Gasteiger partial charge is 0.285 e. The second-order valence-corrected chi connectivity index (χ2v) is 4.37. The van der Waals surface area contributed by atoms with Crippen LogP contribution in [-0.4, -0.2) is 18.8 Å². The van der Waals surface area contributed by atoms with Crippen LogP contribution >= 0.6 is 11.8 Å². The molecule has 6 heteroatoms. The summed E-state index contributed by atoms with van der Waals surface area (Å²) in [4.78, 5) is 10.7. The molecule has 2 N–H and O–H groups in total. The van der Waals surface area contributed by atoms with Gasteiger partial charge in [0, 0.05) is 0 Å². The van der Waals surface area contributed by atoms with E-state index in [1.807, 2.05) is 0 Å². The Hall–Kier alpha value is -0.330. The molecule has 0 aromatic rings. The van der Waals surface area contributed by atoms with E-state index < -0.39 is 20.4 Å². The fourth-order valence-electron chi connectivity index (χ4n) is 0.567. The van der Waals surface area contributed by atoms with Gasteiger partial charge < -0.3 is 0 Å². The lowest BCUT2D eigenvalue weighted by Gasteiger charge is -1.99. The van der Waals surface area contributed by atoms with Crippen LogP contribution in [0, 0.1) is 0 Å². The first-order chi connectivity index (χ1) is 4.52. The predicted octanol–water partition coefficient (Wildman–Crippen LogP) is -0.569. The Morgan fingerprint density at radius 1 is 1.60 bits per heavy atom. The van der Waals surface area contributed by atoms with E-state index in [2.05, 4.69) is 0 Å². The van der Waals surface area contributed by atoms with Gasteiger partial charge >= 0.3 is 0 Å². The molecule has 1 unspecified atom stereocenters. The molecular weight excluding hydrogens is 174 g/mol. The highest BCUT2D eigenvalue weighted by Crippen LogP contribution is 2.20. The topological polar surface area (TPSA) is 77.2 Å². The number of thioether (sulfide) groups is 1. The highest BCUT2D eigenvalue weighted by molar-refractivity contribution is 8.18. The van der Waals surface area contributed by atoms with Crippen molar-refractivity contribution in [3.8, 4) is 0 Å². The number of carbonyl (C=O) groups excluding carboxylic acids is 1. The first kappa shape index (κ1) is 7.77. The molecule has 10 heavy (non-hydrogen) atoms. The van der Waals surface area contributed by atoms with Gasteiger partial charge in [0.25, 0.3) is 0 Å². The van der Waals surface area contributed by atoms with Gasteiger partial charge in [-0.15, -0.1) is 0 Å². The summed E-state index contributed by atoms with van der Waals surface area (Å²) in [6, 6.07) is 0. The van der Waals surface area contributed by atoms with Crippen LogP contribution in [0.25, 0.3) is 0 Å². The molecule has 0 radical (unpaired) electrons. The summed E-state index contributed by atoms with van der Waals surface area (Å²) in [6.07, 6.45) is 1.28. The third-order valence-corrected chi connectivity index (χ3v) is 3.03. The van der Waals surface area contributed by atoms with Crippen LogP contribution in [0.5, 0.6) is 0 Å². The van der Waals surface area contributed by atoms with Gasteiger partial charge in [0.15, 0.2) is 5.25 Å². The minimum absolute atomic E-state index is 0.428. The van der Waals surface area contributed by atoms with Gasteiger partial charge in [0.1, 0.15) is 0 Å². The van der Waals surface area contributed by atoms with Gasteiger partial charge in [0.2, 0.25) is 15.1 Å². The average molecular weight is 179 g/mol. The first-order valence-corrected chi connectivity index (χ1v) is 4.89. The predicted molar refractivity (Wildman–Crippen MR) is 38.6 cm³/mol. The molecule has 0 aliphatic carbocycles. The standard InChI is InChI=1S/C4H5NO3S2/c5-10(7,8)3-1-2-9-4(3)6/h1-3H,(H2,5,7,8). The van der Waals surface area contributed by atoms with E-state index in [1.165, 1.54) is 11.5 Å². The molecule has 56 valence electrons. The van der Waals surface area contributed by atoms with Gasteiger partial charge in [-0.25, -0.2) is 13.6 Å². The second-order valence-electron chi connectivity index (χ2n) is 1.78. The summed E-state index contributed by atoms with van der Waals surface area (Å²) in [5.41, 5.74) is 0. The summed E-state index contributed by atoms with van der Waals surface area (Å²) in [6.45, 7) is 0. The number of hydrogen-bond acceptors (Lipinski definition) is 4. The Morgan fingerprint density at radius 2 is 2.20 bits per heavy atom. The van der Waals surface area contributed by atoms with Crippen molar-refractivity contribution in [3.05, 3.63) is 11.5 Å². The van der Waals surface area contributed by atoms with Crippen LogP contribution in [0.15, 0.2) is 11.5 Å². The van der Waals surface area contributed by atoms with Crippen molar-refractivity contribution in [2.24, 2.45) is 5.14 Å². The Balaban J connectivity index is 2.95. The van der Waals surface area contributed by atoms with Gasteiger partial charge in [-0.3, -0.25) is 4.79 Å². The summed E-state index contributed by atoms with van der Waals surface area (Å²) in [5.74, 6) is 0. The maximum atomic E-state index is 10.7. The Labute approximate surface area is 62.5 Å². The lowest BCUT2D eigenvalue weighted by Crippen LogP contribution is -2.30. The van der Waals surface area contributed by atoms with Crippen LogP contribution in [0.4, 0.5) is 0 Å². The van der Waals surface area contributed by atoms with Crippen LogP contribution < -0.4 is 5.14 Å². The highest BCUT2D eigenvalue weighted by Gasteiger charge is 2.30. The molecule has 0 spiro atoms. The zero-order chi connectivity index (χ0) is 7.78. The summed E-state index contributed by atoms with van der Waals surface area (Å²) in [5, 5.41) is 4.59. The maximum absolute atomic E-state index is 10.7. The SMILES string of the molecule is NS(=O)(=O)C1C=CSC1=O. The van der Waals surface area contributed by atoms with Crippen molar-refractivity contribution in [2.45, 2.75) is 5.25 Å². The molecule has 1 aliphatic rings. The zero-order valence-corrected chi connectivity index (χ0v) is 6.48. The molecule has 0 fully saturated rings. The number of hydrogen-bond donors (Lipinski definition) is 1. The van der Waals surface area contributed by atoms with E-state index in [0.717, 1.165) is 11.8 Å². The number of sulfonamides is 1. The molecule has 1 rings (SSSR count). The van der Waals surface area contributed by atoms with E-state index >= 15 is 0 Å². The van der Waals surface area contributed by atoms with Crippen LogP contribution in [0.3, 0.4) is 0 Å². The van der Waals surface area contributed by atoms with Gasteiger partial charge in [-0.1, -0.05) is 17.8 Å². The lowest BCUT2D eigenvalue weighted by molar-refractivity contribution is -0.109. The van der Waals surface area contributed by atoms with Gasteiger partial charge in [0.05, 0.1) is 0 Å². The van der Waals surface area contributed by atoms with Crippen molar-refractivity contribution in [2.75, 3.05) is 0 Å². The minimum atomic E-state index is -3.71. The minimum Gasteiger partial charge on any atom is -0.285 e. The van der Waals surface area contributed by atoms with Crippen molar-refractivity contribution in [1.29, 1.82) is 0 Å². The molecule has 1 aliphatic heterocycles. The van der Waals surface area contributed by atoms with Crippen molar-refractivity contribution in [1.82, 2.24) is 0 Å².